The van der Waals surface area contributed by atoms with Crippen LogP contribution in [0.4, 0.5) is 5.69 Å². The van der Waals surface area contributed by atoms with E-state index in [1.807, 2.05) is 0 Å². The average Bonchev–Trinajstić information content (AvgIpc) is 3.17. The number of nitro benzene ring substituents is 1. The molecule has 10 heteroatoms. The SMILES string of the molecule is CCOC(=O)COc1ccc(/C=N\NC(=O)c2cc3cc([N+](=O)[O-])ccc3s2)cc1. The molecule has 9 nitrogen and oxygen atoms in total. The maximum atomic E-state index is 12.3. The topological polar surface area (TPSA) is 120 Å². The first-order chi connectivity index (χ1) is 14.5. The predicted octanol–water partition coefficient (Wildman–Crippen LogP) is 3.52. The first-order valence-corrected chi connectivity index (χ1v) is 9.68. The van der Waals surface area contributed by atoms with Gasteiger partial charge in [-0.25, -0.2) is 10.2 Å². The van der Waals surface area contributed by atoms with Gasteiger partial charge in [-0.2, -0.15) is 5.10 Å². The predicted molar refractivity (Wildman–Crippen MR) is 112 cm³/mol. The van der Waals surface area contributed by atoms with Crippen molar-refractivity contribution in [1.82, 2.24) is 5.43 Å². The number of benzene rings is 2. The smallest absolute Gasteiger partial charge is 0.344 e. The molecule has 3 aromatic rings. The number of carbonyl (C=O) groups is 2. The van der Waals surface area contributed by atoms with Gasteiger partial charge in [-0.15, -0.1) is 11.3 Å². The Morgan fingerprint density at radius 2 is 1.97 bits per heavy atom. The normalized spacial score (nSPS) is 10.8. The molecule has 1 N–H and O–H groups in total. The number of hydrazone groups is 1. The van der Waals surface area contributed by atoms with Crippen LogP contribution >= 0.6 is 11.3 Å². The van der Waals surface area contributed by atoms with E-state index in [9.17, 15) is 19.7 Å². The molecule has 1 aromatic heterocycles. The van der Waals surface area contributed by atoms with Gasteiger partial charge in [-0.3, -0.25) is 14.9 Å². The van der Waals surface area contributed by atoms with Crippen molar-refractivity contribution in [3.05, 3.63) is 69.1 Å². The van der Waals surface area contributed by atoms with Crippen LogP contribution in [-0.2, 0) is 9.53 Å². The number of nitrogens with one attached hydrogen (secondary N) is 1. The lowest BCUT2D eigenvalue weighted by Gasteiger charge is -2.05. The van der Waals surface area contributed by atoms with Crippen LogP contribution in [-0.4, -0.2) is 36.2 Å². The Bertz CT molecular complexity index is 1110. The number of hydrogen-bond donors (Lipinski definition) is 1. The fraction of sp³-hybridized carbons (Fsp3) is 0.150. The van der Waals surface area contributed by atoms with Gasteiger partial charge in [-0.05, 0) is 48.9 Å². The molecule has 0 aliphatic heterocycles. The third-order valence-corrected chi connectivity index (χ3v) is 4.97. The van der Waals surface area contributed by atoms with Crippen LogP contribution < -0.4 is 10.2 Å². The summed E-state index contributed by atoms with van der Waals surface area (Å²) in [6, 6.07) is 12.8. The Morgan fingerprint density at radius 1 is 1.20 bits per heavy atom. The van der Waals surface area contributed by atoms with Crippen LogP contribution in [0, 0.1) is 10.1 Å². The summed E-state index contributed by atoms with van der Waals surface area (Å²) in [6.45, 7) is 1.85. The molecule has 3 rings (SSSR count). The number of rotatable bonds is 8. The van der Waals surface area contributed by atoms with Gasteiger partial charge in [0.15, 0.2) is 6.61 Å². The van der Waals surface area contributed by atoms with Gasteiger partial charge >= 0.3 is 5.97 Å². The molecular formula is C20H17N3O6S. The molecule has 0 fully saturated rings. The minimum absolute atomic E-state index is 0.0278. The Kier molecular flexibility index (Phi) is 6.71. The summed E-state index contributed by atoms with van der Waals surface area (Å²) >= 11 is 1.22. The highest BCUT2D eigenvalue weighted by Gasteiger charge is 2.13. The van der Waals surface area contributed by atoms with Crippen LogP contribution in [0.5, 0.6) is 5.75 Å². The molecule has 0 spiro atoms. The molecule has 154 valence electrons. The van der Waals surface area contributed by atoms with Crippen molar-refractivity contribution < 1.29 is 24.0 Å². The second-order valence-electron chi connectivity index (χ2n) is 5.95. The van der Waals surface area contributed by atoms with Gasteiger partial charge in [0.25, 0.3) is 11.6 Å². The lowest BCUT2D eigenvalue weighted by Crippen LogP contribution is -2.16. The minimum atomic E-state index is -0.478. The lowest BCUT2D eigenvalue weighted by molar-refractivity contribution is -0.384. The zero-order chi connectivity index (χ0) is 21.5. The summed E-state index contributed by atoms with van der Waals surface area (Å²) in [5.74, 6) is -0.352. The fourth-order valence-electron chi connectivity index (χ4n) is 2.47. The second kappa shape index (κ2) is 9.61. The number of amides is 1. The zero-order valence-electron chi connectivity index (χ0n) is 15.9. The molecule has 0 unspecified atom stereocenters. The molecule has 30 heavy (non-hydrogen) atoms. The number of hydrogen-bond acceptors (Lipinski definition) is 8. The summed E-state index contributed by atoms with van der Waals surface area (Å²) in [4.78, 5) is 34.3. The summed E-state index contributed by atoms with van der Waals surface area (Å²) in [5.41, 5.74) is 3.11. The molecule has 2 aromatic carbocycles. The number of ether oxygens (including phenoxy) is 2. The molecule has 0 saturated heterocycles. The van der Waals surface area contributed by atoms with E-state index in [-0.39, 0.29) is 12.3 Å². The monoisotopic (exact) mass is 427 g/mol. The van der Waals surface area contributed by atoms with Crippen molar-refractivity contribution >= 4 is 45.2 Å². The lowest BCUT2D eigenvalue weighted by atomic mass is 10.2. The fourth-order valence-corrected chi connectivity index (χ4v) is 3.40. The molecule has 0 saturated carbocycles. The second-order valence-corrected chi connectivity index (χ2v) is 7.04. The highest BCUT2D eigenvalue weighted by atomic mass is 32.1. The Balaban J connectivity index is 1.57. The molecule has 1 heterocycles. The molecule has 1 amide bonds. The third kappa shape index (κ3) is 5.39. The van der Waals surface area contributed by atoms with Crippen LogP contribution in [0.3, 0.4) is 0 Å². The third-order valence-electron chi connectivity index (χ3n) is 3.86. The molecule has 0 atom stereocenters. The van der Waals surface area contributed by atoms with Crippen molar-refractivity contribution in [3.8, 4) is 5.75 Å². The number of carbonyl (C=O) groups excluding carboxylic acids is 2. The number of fused-ring (bicyclic) bond motifs is 1. The highest BCUT2D eigenvalue weighted by molar-refractivity contribution is 7.20. The number of nitrogens with zero attached hydrogens (tertiary/aromatic N) is 2. The molecule has 0 aliphatic carbocycles. The Labute approximate surface area is 175 Å². The van der Waals surface area contributed by atoms with Gasteiger partial charge in [0.05, 0.1) is 22.6 Å². The van der Waals surface area contributed by atoms with Crippen molar-refractivity contribution in [2.24, 2.45) is 5.10 Å². The van der Waals surface area contributed by atoms with Gasteiger partial charge in [0, 0.05) is 22.2 Å². The van der Waals surface area contributed by atoms with Crippen LogP contribution in [0.25, 0.3) is 10.1 Å². The molecule has 0 aliphatic rings. The number of nitro groups is 1. The summed E-state index contributed by atoms with van der Waals surface area (Å²) in [5, 5.41) is 15.4. The minimum Gasteiger partial charge on any atom is -0.482 e. The van der Waals surface area contributed by atoms with E-state index in [0.29, 0.717) is 28.2 Å². The van der Waals surface area contributed by atoms with Crippen LogP contribution in [0.15, 0.2) is 53.6 Å². The first kappa shape index (κ1) is 20.9. The maximum Gasteiger partial charge on any atom is 0.344 e. The van der Waals surface area contributed by atoms with E-state index in [0.717, 1.165) is 4.70 Å². The van der Waals surface area contributed by atoms with Crippen LogP contribution in [0.1, 0.15) is 22.2 Å². The van der Waals surface area contributed by atoms with Crippen molar-refractivity contribution in [2.75, 3.05) is 13.2 Å². The Morgan fingerprint density at radius 3 is 2.67 bits per heavy atom. The highest BCUT2D eigenvalue weighted by Crippen LogP contribution is 2.28. The Hall–Kier alpha value is -3.79. The van der Waals surface area contributed by atoms with E-state index in [1.165, 1.54) is 29.7 Å². The van der Waals surface area contributed by atoms with E-state index in [2.05, 4.69) is 10.5 Å². The van der Waals surface area contributed by atoms with E-state index < -0.39 is 16.8 Å². The number of non-ortho nitro benzene ring substituents is 1. The van der Waals surface area contributed by atoms with Gasteiger partial charge in [0.1, 0.15) is 5.75 Å². The molecule has 0 bridgehead atoms. The van der Waals surface area contributed by atoms with Gasteiger partial charge < -0.3 is 9.47 Å². The van der Waals surface area contributed by atoms with Crippen molar-refractivity contribution in [3.63, 3.8) is 0 Å². The standard InChI is InChI=1S/C20H17N3O6S/c1-2-28-19(24)12-29-16-6-3-13(4-7-16)11-21-22-20(25)18-10-14-9-15(23(26)27)5-8-17(14)30-18/h3-11H,2,12H2,1H3,(H,22,25)/b21-11-. The maximum absolute atomic E-state index is 12.3. The van der Waals surface area contributed by atoms with Crippen LogP contribution in [0.2, 0.25) is 0 Å². The summed E-state index contributed by atoms with van der Waals surface area (Å²) in [6.07, 6.45) is 1.46. The largest absolute Gasteiger partial charge is 0.482 e. The quantitative estimate of drug-likeness (QED) is 0.254. The number of thiophene rings is 1. The summed E-state index contributed by atoms with van der Waals surface area (Å²) < 4.78 is 10.9. The summed E-state index contributed by atoms with van der Waals surface area (Å²) in [7, 11) is 0. The first-order valence-electron chi connectivity index (χ1n) is 8.86. The van der Waals surface area contributed by atoms with Gasteiger partial charge in [0.2, 0.25) is 0 Å². The molecular weight excluding hydrogens is 410 g/mol. The van der Waals surface area contributed by atoms with Crippen molar-refractivity contribution in [2.45, 2.75) is 6.92 Å². The van der Waals surface area contributed by atoms with E-state index >= 15 is 0 Å². The van der Waals surface area contributed by atoms with Crippen molar-refractivity contribution in [1.29, 1.82) is 0 Å². The zero-order valence-corrected chi connectivity index (χ0v) is 16.7. The van der Waals surface area contributed by atoms with E-state index in [1.54, 1.807) is 43.3 Å². The van der Waals surface area contributed by atoms with Gasteiger partial charge in [-0.1, -0.05) is 0 Å². The average molecular weight is 427 g/mol. The molecule has 0 radical (unpaired) electrons. The number of esters is 1. The van der Waals surface area contributed by atoms with E-state index in [4.69, 9.17) is 9.47 Å².